The Hall–Kier alpha value is -3.85. The van der Waals surface area contributed by atoms with Crippen molar-refractivity contribution >= 4 is 45.6 Å². The number of hydroxylamine groups is 2. The van der Waals surface area contributed by atoms with Crippen LogP contribution in [0.15, 0.2) is 120 Å². The maximum Gasteiger partial charge on any atom is 0.318 e. The minimum Gasteiger partial charge on any atom is -0.272 e. The molecule has 0 aromatic heterocycles. The molecule has 4 aromatic carbocycles. The van der Waals surface area contributed by atoms with Gasteiger partial charge in [-0.1, -0.05) is 116 Å². The van der Waals surface area contributed by atoms with Gasteiger partial charge in [0.15, 0.2) is 0 Å². The van der Waals surface area contributed by atoms with Crippen molar-refractivity contribution in [2.75, 3.05) is 0 Å². The normalized spacial score (nSPS) is 19.1. The minimum atomic E-state index is -4.35. The fraction of sp³-hybridized carbons (Fsp3) is 0.235. The molecule has 6 rings (SSSR count). The lowest BCUT2D eigenvalue weighted by Crippen LogP contribution is -2.67. The lowest BCUT2D eigenvalue weighted by Gasteiger charge is -2.34. The van der Waals surface area contributed by atoms with Crippen LogP contribution in [0.5, 0.6) is 0 Å². The highest BCUT2D eigenvalue weighted by Crippen LogP contribution is 2.38. The van der Waals surface area contributed by atoms with E-state index in [2.05, 4.69) is 72.8 Å². The van der Waals surface area contributed by atoms with Crippen LogP contribution in [0.25, 0.3) is 0 Å². The van der Waals surface area contributed by atoms with Crippen molar-refractivity contribution in [3.8, 4) is 0 Å². The lowest BCUT2D eigenvalue weighted by molar-refractivity contribution is -0.165. The van der Waals surface area contributed by atoms with Gasteiger partial charge in [-0.25, -0.2) is 0 Å². The monoisotopic (exact) mass is 595 g/mol. The molecule has 0 radical (unpaired) electrons. The molecule has 1 aliphatic heterocycles. The smallest absolute Gasteiger partial charge is 0.272 e. The highest BCUT2D eigenvalue weighted by Gasteiger charge is 2.51. The number of carbonyl (C=O) groups excluding carboxylic acids is 2. The summed E-state index contributed by atoms with van der Waals surface area (Å²) in [5, 5.41) is 4.44. The maximum absolute atomic E-state index is 13.1. The Kier molecular flexibility index (Phi) is 7.94. The first-order valence-corrected chi connectivity index (χ1v) is 18.1. The zero-order valence-corrected chi connectivity index (χ0v) is 25.1. The van der Waals surface area contributed by atoms with Gasteiger partial charge in [0.1, 0.15) is 8.07 Å². The summed E-state index contributed by atoms with van der Waals surface area (Å²) in [6.07, 6.45) is 3.61. The lowest BCUT2D eigenvalue weighted by atomic mass is 9.81. The second kappa shape index (κ2) is 11.8. The van der Waals surface area contributed by atoms with Crippen molar-refractivity contribution in [1.29, 1.82) is 0 Å². The molecule has 214 valence electrons. The van der Waals surface area contributed by atoms with Gasteiger partial charge in [-0.15, -0.1) is 9.35 Å². The van der Waals surface area contributed by atoms with Crippen molar-refractivity contribution in [1.82, 2.24) is 5.06 Å². The van der Waals surface area contributed by atoms with E-state index in [1.165, 1.54) is 27.7 Å². The molecule has 1 heterocycles. The van der Waals surface area contributed by atoms with Crippen molar-refractivity contribution < 1.29 is 22.3 Å². The summed E-state index contributed by atoms with van der Waals surface area (Å²) >= 11 is 0. The van der Waals surface area contributed by atoms with Crippen molar-refractivity contribution in [3.63, 3.8) is 0 Å². The number of nitrogens with zero attached hydrogens (tertiary/aromatic N) is 1. The third-order valence-corrected chi connectivity index (χ3v) is 14.9. The van der Waals surface area contributed by atoms with Crippen LogP contribution in [0, 0.1) is 11.8 Å². The minimum absolute atomic E-state index is 0.0839. The SMILES string of the molecule is O=C1C2CCCCC2C(=O)N1OS(=O)(=O)c1ccc(CC[Si](c2ccccc2)(c2ccccc2)c2ccccc2)cc1. The number of hydrogen-bond donors (Lipinski definition) is 0. The first-order valence-electron chi connectivity index (χ1n) is 14.5. The van der Waals surface area contributed by atoms with Gasteiger partial charge in [0.05, 0.1) is 16.7 Å². The molecule has 1 saturated carbocycles. The highest BCUT2D eigenvalue weighted by atomic mass is 32.2. The first-order chi connectivity index (χ1) is 20.4. The molecule has 0 spiro atoms. The second-order valence-electron chi connectivity index (χ2n) is 11.1. The number of imide groups is 1. The van der Waals surface area contributed by atoms with Crippen LogP contribution in [0.4, 0.5) is 0 Å². The van der Waals surface area contributed by atoms with Crippen LogP contribution in [-0.2, 0) is 30.4 Å². The molecule has 1 aliphatic carbocycles. The summed E-state index contributed by atoms with van der Waals surface area (Å²) in [6.45, 7) is 0. The van der Waals surface area contributed by atoms with Crippen molar-refractivity contribution in [3.05, 3.63) is 121 Å². The van der Waals surface area contributed by atoms with Crippen LogP contribution in [0.2, 0.25) is 6.04 Å². The van der Waals surface area contributed by atoms with E-state index in [4.69, 9.17) is 4.28 Å². The van der Waals surface area contributed by atoms with E-state index in [0.29, 0.717) is 17.9 Å². The van der Waals surface area contributed by atoms with Crippen molar-refractivity contribution in [2.45, 2.75) is 43.0 Å². The third kappa shape index (κ3) is 5.26. The number of carbonyl (C=O) groups is 2. The fourth-order valence-corrected chi connectivity index (χ4v) is 12.3. The van der Waals surface area contributed by atoms with Gasteiger partial charge in [-0.05, 0) is 58.6 Å². The van der Waals surface area contributed by atoms with Crippen LogP contribution < -0.4 is 15.6 Å². The Morgan fingerprint density at radius 2 is 1.07 bits per heavy atom. The van der Waals surface area contributed by atoms with Gasteiger partial charge in [0, 0.05) is 0 Å². The predicted molar refractivity (Wildman–Crippen MR) is 165 cm³/mol. The molecule has 1 saturated heterocycles. The van der Waals surface area contributed by atoms with Crippen LogP contribution >= 0.6 is 0 Å². The van der Waals surface area contributed by atoms with Gasteiger partial charge in [-0.3, -0.25) is 9.59 Å². The van der Waals surface area contributed by atoms with Crippen LogP contribution in [0.1, 0.15) is 31.2 Å². The Labute approximate surface area is 248 Å². The number of aryl methyl sites for hydroxylation is 1. The van der Waals surface area contributed by atoms with Crippen LogP contribution in [0.3, 0.4) is 0 Å². The Bertz CT molecular complexity index is 1540. The van der Waals surface area contributed by atoms with E-state index >= 15 is 0 Å². The summed E-state index contributed by atoms with van der Waals surface area (Å²) in [6, 6.07) is 39.4. The second-order valence-corrected chi connectivity index (χ2v) is 16.7. The molecule has 0 bridgehead atoms. The van der Waals surface area contributed by atoms with Gasteiger partial charge in [0.2, 0.25) is 0 Å². The first kappa shape index (κ1) is 28.3. The average molecular weight is 596 g/mol. The predicted octanol–water partition coefficient (Wildman–Crippen LogP) is 4.20. The molecule has 2 amide bonds. The zero-order valence-electron chi connectivity index (χ0n) is 23.3. The molecule has 2 fully saturated rings. The summed E-state index contributed by atoms with van der Waals surface area (Å²) in [5.41, 5.74) is 0.993. The summed E-state index contributed by atoms with van der Waals surface area (Å²) < 4.78 is 31.4. The fourth-order valence-electron chi connectivity index (χ4n) is 6.60. The molecule has 8 heteroatoms. The maximum atomic E-state index is 13.1. The number of benzene rings is 4. The standard InChI is InChI=1S/C34H33NO5SSi/c36-33-31-18-10-11-19-32(31)34(37)35(33)40-41(38,39)27-22-20-26(21-23-27)24-25-42(28-12-4-1-5-13-28,29-14-6-2-7-15-29)30-16-8-3-9-17-30/h1-9,12-17,20-23,31-32H,10-11,18-19,24-25H2. The average Bonchev–Trinajstić information content (AvgIpc) is 3.27. The number of rotatable bonds is 9. The van der Waals surface area contributed by atoms with E-state index in [1.807, 2.05) is 18.2 Å². The molecular weight excluding hydrogens is 563 g/mol. The van der Waals surface area contributed by atoms with Gasteiger partial charge >= 0.3 is 10.1 Å². The third-order valence-electron chi connectivity index (χ3n) is 8.77. The molecular formula is C34H33NO5SSi. The zero-order chi connectivity index (χ0) is 29.2. The van der Waals surface area contributed by atoms with E-state index < -0.39 is 41.8 Å². The van der Waals surface area contributed by atoms with Crippen molar-refractivity contribution in [2.24, 2.45) is 11.8 Å². The Balaban J connectivity index is 1.26. The van der Waals surface area contributed by atoms with Crippen LogP contribution in [-0.4, -0.2) is 33.4 Å². The molecule has 4 aromatic rings. The quantitative estimate of drug-likeness (QED) is 0.165. The summed E-state index contributed by atoms with van der Waals surface area (Å²) in [4.78, 5) is 25.4. The van der Waals surface area contributed by atoms with Gasteiger partial charge in [-0.2, -0.15) is 8.42 Å². The highest BCUT2D eigenvalue weighted by molar-refractivity contribution is 7.86. The van der Waals surface area contributed by atoms with E-state index in [1.54, 1.807) is 12.1 Å². The largest absolute Gasteiger partial charge is 0.318 e. The Morgan fingerprint density at radius 1 is 0.643 bits per heavy atom. The van der Waals surface area contributed by atoms with E-state index in [-0.39, 0.29) is 4.90 Å². The summed E-state index contributed by atoms with van der Waals surface area (Å²) in [7, 11) is -6.79. The molecule has 42 heavy (non-hydrogen) atoms. The molecule has 2 aliphatic rings. The molecule has 0 N–H and O–H groups in total. The van der Waals surface area contributed by atoms with Gasteiger partial charge < -0.3 is 0 Å². The topological polar surface area (TPSA) is 80.8 Å². The number of hydrogen-bond acceptors (Lipinski definition) is 5. The molecule has 2 atom stereocenters. The van der Waals surface area contributed by atoms with Gasteiger partial charge in [0.25, 0.3) is 11.8 Å². The van der Waals surface area contributed by atoms with E-state index in [0.717, 1.165) is 30.9 Å². The van der Waals surface area contributed by atoms with E-state index in [9.17, 15) is 18.0 Å². The number of amides is 2. The molecule has 2 unspecified atom stereocenters. The summed E-state index contributed by atoms with van der Waals surface area (Å²) in [5.74, 6) is -2.05. The number of fused-ring (bicyclic) bond motifs is 1. The Morgan fingerprint density at radius 3 is 1.50 bits per heavy atom. The molecule has 6 nitrogen and oxygen atoms in total.